The van der Waals surface area contributed by atoms with Crippen molar-refractivity contribution in [2.45, 2.75) is 6.92 Å². The Balaban J connectivity index is 0.000000437. The van der Waals surface area contributed by atoms with Crippen LogP contribution in [0.15, 0.2) is 23.7 Å². The van der Waals surface area contributed by atoms with Gasteiger partial charge in [0, 0.05) is 37.1 Å². The van der Waals surface area contributed by atoms with E-state index >= 15 is 0 Å². The number of thiazole rings is 1. The van der Waals surface area contributed by atoms with Crippen LogP contribution in [0.2, 0.25) is 0 Å². The van der Waals surface area contributed by atoms with E-state index in [9.17, 15) is 4.79 Å². The summed E-state index contributed by atoms with van der Waals surface area (Å²) in [5, 5.41) is 2.71. The van der Waals surface area contributed by atoms with E-state index in [4.69, 9.17) is 0 Å². The normalized spacial score (nSPS) is 9.35. The van der Waals surface area contributed by atoms with E-state index in [1.807, 2.05) is 24.4 Å². The molecular weight excluding hydrogens is 236 g/mol. The van der Waals surface area contributed by atoms with Crippen LogP contribution < -0.4 is 0 Å². The Labute approximate surface area is 104 Å². The second-order valence-electron chi connectivity index (χ2n) is 3.25. The van der Waals surface area contributed by atoms with Crippen LogP contribution >= 0.6 is 11.3 Å². The molecule has 4 nitrogen and oxygen atoms in total. The van der Waals surface area contributed by atoms with Crippen molar-refractivity contribution < 1.29 is 9.53 Å². The summed E-state index contributed by atoms with van der Waals surface area (Å²) in [6.45, 7) is 1.86. The number of carbonyl (C=O) groups excluding carboxylic acids is 1. The summed E-state index contributed by atoms with van der Waals surface area (Å²) in [6.07, 6.45) is 2.48. The minimum absolute atomic E-state index is 0.458. The summed E-state index contributed by atoms with van der Waals surface area (Å²) >= 11 is 1.50. The van der Waals surface area contributed by atoms with Crippen LogP contribution in [0.3, 0.4) is 0 Å². The number of ether oxygens (including phenoxy) is 1. The van der Waals surface area contributed by atoms with Gasteiger partial charge in [0.15, 0.2) is 6.29 Å². The molecule has 0 spiro atoms. The number of nitrogens with zero attached hydrogens (tertiary/aromatic N) is 2. The van der Waals surface area contributed by atoms with Crippen LogP contribution in [0.4, 0.5) is 0 Å². The van der Waals surface area contributed by atoms with Gasteiger partial charge in [0.2, 0.25) is 0 Å². The molecule has 0 aliphatic carbocycles. The Morgan fingerprint density at radius 2 is 2.06 bits per heavy atom. The summed E-state index contributed by atoms with van der Waals surface area (Å²) in [7, 11) is 3.25. The molecule has 0 aliphatic rings. The topological polar surface area (TPSA) is 52.1 Å². The lowest BCUT2D eigenvalue weighted by atomic mass is 10.2. The van der Waals surface area contributed by atoms with Crippen LogP contribution in [0.1, 0.15) is 16.2 Å². The molecular formula is C12H14N2O2S. The number of aryl methyl sites for hydroxylation is 1. The SMILES string of the molecule is COC.Cc1ccc(-c2nccs2)c(C=O)n1. The lowest BCUT2D eigenvalue weighted by molar-refractivity contribution is 0.111. The Morgan fingerprint density at radius 1 is 1.35 bits per heavy atom. The highest BCUT2D eigenvalue weighted by Gasteiger charge is 2.07. The van der Waals surface area contributed by atoms with Crippen molar-refractivity contribution in [1.29, 1.82) is 0 Å². The Morgan fingerprint density at radius 3 is 2.59 bits per heavy atom. The number of hydrogen-bond acceptors (Lipinski definition) is 5. The van der Waals surface area contributed by atoms with E-state index in [0.717, 1.165) is 22.6 Å². The largest absolute Gasteiger partial charge is 0.388 e. The zero-order valence-electron chi connectivity index (χ0n) is 10.0. The first-order valence-corrected chi connectivity index (χ1v) is 5.83. The number of methoxy groups -OCH3 is 1. The summed E-state index contributed by atoms with van der Waals surface area (Å²) < 4.78 is 4.25. The number of aldehydes is 1. The molecule has 0 aliphatic heterocycles. The maximum absolute atomic E-state index is 10.8. The molecule has 2 heterocycles. The van der Waals surface area contributed by atoms with Gasteiger partial charge in [-0.15, -0.1) is 11.3 Å². The fourth-order valence-corrected chi connectivity index (χ4v) is 1.88. The average molecular weight is 250 g/mol. The highest BCUT2D eigenvalue weighted by molar-refractivity contribution is 7.13. The number of rotatable bonds is 2. The van der Waals surface area contributed by atoms with E-state index in [1.54, 1.807) is 20.4 Å². The molecule has 2 rings (SSSR count). The third kappa shape index (κ3) is 3.72. The van der Waals surface area contributed by atoms with Crippen LogP contribution in [0.25, 0.3) is 10.6 Å². The van der Waals surface area contributed by atoms with Crippen molar-refractivity contribution in [3.63, 3.8) is 0 Å². The summed E-state index contributed by atoms with van der Waals surface area (Å²) in [4.78, 5) is 19.1. The first kappa shape index (κ1) is 13.5. The first-order chi connectivity index (χ1) is 8.22. The molecule has 0 radical (unpaired) electrons. The van der Waals surface area contributed by atoms with Crippen molar-refractivity contribution in [2.75, 3.05) is 14.2 Å². The molecule has 0 amide bonds. The van der Waals surface area contributed by atoms with Crippen LogP contribution in [-0.2, 0) is 4.74 Å². The molecule has 90 valence electrons. The van der Waals surface area contributed by atoms with Crippen molar-refractivity contribution in [3.05, 3.63) is 35.1 Å². The van der Waals surface area contributed by atoms with Crippen LogP contribution in [0, 0.1) is 6.92 Å². The van der Waals surface area contributed by atoms with Gasteiger partial charge in [0.05, 0.1) is 0 Å². The number of hydrogen-bond donors (Lipinski definition) is 0. The minimum Gasteiger partial charge on any atom is -0.388 e. The Bertz CT molecular complexity index is 469. The van der Waals surface area contributed by atoms with Gasteiger partial charge in [-0.05, 0) is 19.1 Å². The van der Waals surface area contributed by atoms with Gasteiger partial charge in [-0.25, -0.2) is 9.97 Å². The molecule has 0 bridgehead atoms. The molecule has 0 fully saturated rings. The van der Waals surface area contributed by atoms with Gasteiger partial charge in [-0.3, -0.25) is 4.79 Å². The smallest absolute Gasteiger partial charge is 0.169 e. The lowest BCUT2D eigenvalue weighted by Gasteiger charge is -2.00. The molecule has 0 unspecified atom stereocenters. The van der Waals surface area contributed by atoms with Gasteiger partial charge < -0.3 is 4.74 Å². The highest BCUT2D eigenvalue weighted by atomic mass is 32.1. The fourth-order valence-electron chi connectivity index (χ4n) is 1.20. The predicted molar refractivity (Wildman–Crippen MR) is 68.4 cm³/mol. The first-order valence-electron chi connectivity index (χ1n) is 4.95. The number of carbonyl (C=O) groups is 1. The second-order valence-corrected chi connectivity index (χ2v) is 4.14. The predicted octanol–water partition coefficient (Wildman–Crippen LogP) is 2.59. The van der Waals surface area contributed by atoms with Crippen molar-refractivity contribution >= 4 is 17.6 Å². The minimum atomic E-state index is 0.458. The van der Waals surface area contributed by atoms with Crippen molar-refractivity contribution in [3.8, 4) is 10.6 Å². The maximum Gasteiger partial charge on any atom is 0.169 e. The van der Waals surface area contributed by atoms with Crippen molar-refractivity contribution in [1.82, 2.24) is 9.97 Å². The van der Waals surface area contributed by atoms with Gasteiger partial charge in [0.1, 0.15) is 10.7 Å². The highest BCUT2D eigenvalue weighted by Crippen LogP contribution is 2.23. The molecule has 0 atom stereocenters. The Kier molecular flexibility index (Phi) is 5.45. The second kappa shape index (κ2) is 6.88. The summed E-state index contributed by atoms with van der Waals surface area (Å²) in [5.41, 5.74) is 2.10. The zero-order valence-corrected chi connectivity index (χ0v) is 10.8. The quantitative estimate of drug-likeness (QED) is 0.769. The summed E-state index contributed by atoms with van der Waals surface area (Å²) in [6, 6.07) is 3.76. The monoisotopic (exact) mass is 250 g/mol. The van der Waals surface area contributed by atoms with E-state index in [0.29, 0.717) is 5.69 Å². The molecule has 0 saturated carbocycles. The van der Waals surface area contributed by atoms with Crippen molar-refractivity contribution in [2.24, 2.45) is 0 Å². The van der Waals surface area contributed by atoms with Gasteiger partial charge in [-0.2, -0.15) is 0 Å². The van der Waals surface area contributed by atoms with E-state index in [-0.39, 0.29) is 0 Å². The third-order valence-electron chi connectivity index (χ3n) is 1.84. The number of pyridine rings is 1. The lowest BCUT2D eigenvalue weighted by Crippen LogP contribution is -1.93. The zero-order chi connectivity index (χ0) is 12.7. The standard InChI is InChI=1S/C10H8N2OS.C2H6O/c1-7-2-3-8(9(6-13)12-7)10-11-4-5-14-10;1-3-2/h2-6H,1H3;1-2H3. The molecule has 0 aromatic carbocycles. The Hall–Kier alpha value is -1.59. The van der Waals surface area contributed by atoms with Gasteiger partial charge in [0.25, 0.3) is 0 Å². The van der Waals surface area contributed by atoms with E-state index in [2.05, 4.69) is 14.7 Å². The molecule has 5 heteroatoms. The van der Waals surface area contributed by atoms with E-state index < -0.39 is 0 Å². The molecule has 0 N–H and O–H groups in total. The third-order valence-corrected chi connectivity index (χ3v) is 2.64. The molecule has 17 heavy (non-hydrogen) atoms. The van der Waals surface area contributed by atoms with Crippen LogP contribution in [0.5, 0.6) is 0 Å². The van der Waals surface area contributed by atoms with Crippen LogP contribution in [-0.4, -0.2) is 30.5 Å². The average Bonchev–Trinajstić information content (AvgIpc) is 2.83. The molecule has 2 aromatic heterocycles. The molecule has 2 aromatic rings. The maximum atomic E-state index is 10.8. The van der Waals surface area contributed by atoms with E-state index in [1.165, 1.54) is 11.3 Å². The number of aromatic nitrogens is 2. The van der Waals surface area contributed by atoms with Gasteiger partial charge >= 0.3 is 0 Å². The van der Waals surface area contributed by atoms with Gasteiger partial charge in [-0.1, -0.05) is 0 Å². The fraction of sp³-hybridized carbons (Fsp3) is 0.250. The molecule has 0 saturated heterocycles. The summed E-state index contributed by atoms with van der Waals surface area (Å²) in [5.74, 6) is 0.